The Bertz CT molecular complexity index is 951. The molecule has 0 spiro atoms. The summed E-state index contributed by atoms with van der Waals surface area (Å²) in [5.41, 5.74) is 0. The van der Waals surface area contributed by atoms with Crippen molar-refractivity contribution >= 4 is 23.9 Å². The quantitative estimate of drug-likeness (QED) is 0.0337. The minimum Gasteiger partial charge on any atom is -0.466 e. The Morgan fingerprint density at radius 1 is 0.191 bits per heavy atom. The van der Waals surface area contributed by atoms with Gasteiger partial charge in [-0.3, -0.25) is 19.2 Å². The maximum Gasteiger partial charge on any atom is 0.305 e. The molecule has 0 heterocycles. The molecule has 0 saturated heterocycles. The van der Waals surface area contributed by atoms with E-state index in [2.05, 4.69) is 27.7 Å². The summed E-state index contributed by atoms with van der Waals surface area (Å²) in [5, 5.41) is 0. The van der Waals surface area contributed by atoms with Crippen LogP contribution in [0.2, 0.25) is 0 Å². The molecule has 0 bridgehead atoms. The van der Waals surface area contributed by atoms with Gasteiger partial charge in [0.1, 0.15) is 0 Å². The van der Waals surface area contributed by atoms with Crippen LogP contribution < -0.4 is 0 Å². The summed E-state index contributed by atoms with van der Waals surface area (Å²) >= 11 is 0. The van der Waals surface area contributed by atoms with Gasteiger partial charge in [-0.15, -0.1) is 0 Å². The molecule has 0 aromatic carbocycles. The number of hydrogen-bond acceptors (Lipinski definition) is 8. The number of carbonyl (C=O) groups excluding carboxylic acids is 4. The molecule has 0 aliphatic heterocycles. The zero-order valence-electron chi connectivity index (χ0n) is 46.0. The van der Waals surface area contributed by atoms with Gasteiger partial charge in [-0.05, 0) is 51.4 Å². The van der Waals surface area contributed by atoms with E-state index in [1.807, 2.05) is 0 Å². The van der Waals surface area contributed by atoms with Crippen molar-refractivity contribution in [3.63, 3.8) is 0 Å². The first-order valence-corrected chi connectivity index (χ1v) is 30.0. The van der Waals surface area contributed by atoms with Crippen LogP contribution in [0, 0.1) is 0 Å². The fraction of sp³-hybridized carbons (Fsp3) is 0.933. The molecule has 0 atom stereocenters. The van der Waals surface area contributed by atoms with Gasteiger partial charge in [-0.1, -0.05) is 259 Å². The van der Waals surface area contributed by atoms with E-state index >= 15 is 0 Å². The number of unbranched alkanes of at least 4 members (excludes halogenated alkanes) is 38. The maximum absolute atomic E-state index is 11.8. The number of carbonyl (C=O) groups is 4. The Morgan fingerprint density at radius 2 is 0.324 bits per heavy atom. The highest BCUT2D eigenvalue weighted by atomic mass is 16.5. The van der Waals surface area contributed by atoms with Crippen molar-refractivity contribution in [2.75, 3.05) is 26.4 Å². The molecule has 0 rings (SSSR count). The largest absolute Gasteiger partial charge is 0.466 e. The van der Waals surface area contributed by atoms with Crippen LogP contribution in [0.5, 0.6) is 0 Å². The first-order chi connectivity index (χ1) is 33.4. The van der Waals surface area contributed by atoms with Gasteiger partial charge in [0.15, 0.2) is 0 Å². The van der Waals surface area contributed by atoms with Crippen LogP contribution >= 0.6 is 0 Å². The average molecular weight is 966 g/mol. The number of esters is 4. The molecule has 0 fully saturated rings. The van der Waals surface area contributed by atoms with E-state index in [0.717, 1.165) is 103 Å². The molecule has 68 heavy (non-hydrogen) atoms. The van der Waals surface area contributed by atoms with Crippen LogP contribution in [0.1, 0.15) is 336 Å². The monoisotopic (exact) mass is 965 g/mol. The van der Waals surface area contributed by atoms with Crippen molar-refractivity contribution in [1.29, 1.82) is 0 Å². The Morgan fingerprint density at radius 3 is 0.485 bits per heavy atom. The number of rotatable bonds is 54. The van der Waals surface area contributed by atoms with Gasteiger partial charge in [0.2, 0.25) is 0 Å². The topological polar surface area (TPSA) is 105 Å². The van der Waals surface area contributed by atoms with Crippen LogP contribution in [-0.2, 0) is 38.1 Å². The van der Waals surface area contributed by atoms with E-state index in [1.54, 1.807) is 0 Å². The summed E-state index contributed by atoms with van der Waals surface area (Å²) in [7, 11) is 0. The summed E-state index contributed by atoms with van der Waals surface area (Å²) in [6.07, 6.45) is 55.2. The molecule has 0 aliphatic carbocycles. The highest BCUT2D eigenvalue weighted by Gasteiger charge is 2.07. The van der Waals surface area contributed by atoms with E-state index in [4.69, 9.17) is 18.9 Å². The number of ether oxygens (including phenoxy) is 4. The minimum atomic E-state index is -0.0716. The lowest BCUT2D eigenvalue weighted by molar-refractivity contribution is -0.145. The smallest absolute Gasteiger partial charge is 0.305 e. The van der Waals surface area contributed by atoms with Crippen LogP contribution in [0.3, 0.4) is 0 Å². The van der Waals surface area contributed by atoms with Crippen molar-refractivity contribution in [3.05, 3.63) is 0 Å². The molecule has 404 valence electrons. The Hall–Kier alpha value is -2.12. The van der Waals surface area contributed by atoms with Gasteiger partial charge in [0, 0.05) is 25.7 Å². The van der Waals surface area contributed by atoms with Crippen molar-refractivity contribution in [3.8, 4) is 0 Å². The zero-order chi connectivity index (χ0) is 49.9. The lowest BCUT2D eigenvalue weighted by Crippen LogP contribution is -2.06. The van der Waals surface area contributed by atoms with E-state index in [0.29, 0.717) is 52.1 Å². The highest BCUT2D eigenvalue weighted by Crippen LogP contribution is 2.15. The minimum absolute atomic E-state index is 0.0678. The Kier molecular flexibility index (Phi) is 61.0. The van der Waals surface area contributed by atoms with Gasteiger partial charge >= 0.3 is 23.9 Å². The SMILES string of the molecule is CCCCCCCCCCCCOC(=O)CCCCCCC(=O)OCCCCCCCCCCCC.CCCCCCCCCCOC(=O)CCCCCCC(=O)OCCCCCCCCCC. The molecular weight excluding hydrogens is 849 g/mol. The normalized spacial score (nSPS) is 11.0. The molecule has 8 heteroatoms. The van der Waals surface area contributed by atoms with Crippen LogP contribution in [0.25, 0.3) is 0 Å². The summed E-state index contributed by atoms with van der Waals surface area (Å²) < 4.78 is 21.3. The average Bonchev–Trinajstić information content (AvgIpc) is 3.33. The third kappa shape index (κ3) is 61.9. The Balaban J connectivity index is 0. The zero-order valence-corrected chi connectivity index (χ0v) is 46.0. The lowest BCUT2D eigenvalue weighted by Gasteiger charge is -2.06. The van der Waals surface area contributed by atoms with Crippen molar-refractivity contribution in [1.82, 2.24) is 0 Å². The van der Waals surface area contributed by atoms with Crippen LogP contribution in [0.4, 0.5) is 0 Å². The fourth-order valence-corrected chi connectivity index (χ4v) is 8.47. The first kappa shape index (κ1) is 68.0. The molecule has 0 unspecified atom stereocenters. The van der Waals surface area contributed by atoms with Crippen molar-refractivity contribution in [2.45, 2.75) is 336 Å². The van der Waals surface area contributed by atoms with Gasteiger partial charge in [0.25, 0.3) is 0 Å². The van der Waals surface area contributed by atoms with Crippen LogP contribution in [0.15, 0.2) is 0 Å². The lowest BCUT2D eigenvalue weighted by atomic mass is 10.1. The summed E-state index contributed by atoms with van der Waals surface area (Å²) in [6.45, 7) is 11.3. The molecule has 8 nitrogen and oxygen atoms in total. The highest BCUT2D eigenvalue weighted by molar-refractivity contribution is 5.70. The van der Waals surface area contributed by atoms with Gasteiger partial charge < -0.3 is 18.9 Å². The molecule has 0 aromatic rings. The third-order valence-corrected chi connectivity index (χ3v) is 13.1. The molecule has 0 amide bonds. The molecule has 0 aliphatic rings. The van der Waals surface area contributed by atoms with Gasteiger partial charge in [-0.25, -0.2) is 0 Å². The Labute approximate surface area is 422 Å². The van der Waals surface area contributed by atoms with Crippen LogP contribution in [-0.4, -0.2) is 50.3 Å². The van der Waals surface area contributed by atoms with Gasteiger partial charge in [-0.2, -0.15) is 0 Å². The fourth-order valence-electron chi connectivity index (χ4n) is 8.47. The number of hydrogen-bond donors (Lipinski definition) is 0. The summed E-state index contributed by atoms with van der Waals surface area (Å²) in [5.74, 6) is -0.279. The van der Waals surface area contributed by atoms with E-state index in [1.165, 1.54) is 180 Å². The molecule has 0 aromatic heterocycles. The molecule has 0 N–H and O–H groups in total. The standard InChI is InChI=1S/C32H62O4.C28H54O4/c1-3-5-7-9-11-13-15-17-21-25-29-35-31(33)27-23-19-20-24-28-32(34)36-30-26-22-18-16-14-12-10-8-6-4-2;1-3-5-7-9-11-13-17-21-25-31-27(29)23-19-15-16-20-24-28(30)32-26-22-18-14-12-10-8-6-4-2/h3-30H2,1-2H3;3-26H2,1-2H3. The maximum atomic E-state index is 11.8. The molecular formula is C60H116O8. The predicted molar refractivity (Wildman–Crippen MR) is 288 cm³/mol. The van der Waals surface area contributed by atoms with Crippen molar-refractivity contribution < 1.29 is 38.1 Å². The second-order valence-corrected chi connectivity index (χ2v) is 20.0. The van der Waals surface area contributed by atoms with E-state index < -0.39 is 0 Å². The predicted octanol–water partition coefficient (Wildman–Crippen LogP) is 18.9. The first-order valence-electron chi connectivity index (χ1n) is 30.0. The van der Waals surface area contributed by atoms with Crippen molar-refractivity contribution in [2.24, 2.45) is 0 Å². The molecule has 0 radical (unpaired) electrons. The van der Waals surface area contributed by atoms with E-state index in [9.17, 15) is 19.2 Å². The molecule has 0 saturated carbocycles. The summed E-state index contributed by atoms with van der Waals surface area (Å²) in [4.78, 5) is 47.2. The van der Waals surface area contributed by atoms with Gasteiger partial charge in [0.05, 0.1) is 26.4 Å². The second kappa shape index (κ2) is 61.0. The third-order valence-electron chi connectivity index (χ3n) is 13.1. The summed E-state index contributed by atoms with van der Waals surface area (Å²) in [6, 6.07) is 0. The second-order valence-electron chi connectivity index (χ2n) is 20.0. The van der Waals surface area contributed by atoms with E-state index in [-0.39, 0.29) is 23.9 Å².